The molecule has 0 aromatic carbocycles. The number of likely N-dealkylation sites (tertiary alicyclic amines) is 2. The van der Waals surface area contributed by atoms with Crippen LogP contribution in [-0.4, -0.2) is 65.2 Å². The molecule has 3 rings (SSSR count). The van der Waals surface area contributed by atoms with Crippen molar-refractivity contribution < 1.29 is 9.53 Å². The molecule has 0 radical (unpaired) electrons. The summed E-state index contributed by atoms with van der Waals surface area (Å²) in [7, 11) is 2.10. The quantitative estimate of drug-likeness (QED) is 0.839. The molecule has 0 bridgehead atoms. The highest BCUT2D eigenvalue weighted by Gasteiger charge is 2.31. The molecule has 2 fully saturated rings. The molecule has 2 aliphatic rings. The molecule has 0 spiro atoms. The van der Waals surface area contributed by atoms with E-state index in [1.54, 1.807) is 6.20 Å². The van der Waals surface area contributed by atoms with Gasteiger partial charge in [-0.1, -0.05) is 0 Å². The fourth-order valence-corrected chi connectivity index (χ4v) is 3.34. The summed E-state index contributed by atoms with van der Waals surface area (Å²) >= 11 is 0. The van der Waals surface area contributed by atoms with Crippen molar-refractivity contribution in [3.8, 4) is 5.88 Å². The summed E-state index contributed by atoms with van der Waals surface area (Å²) in [5.41, 5.74) is 0. The largest absolute Gasteiger partial charge is 0.473 e. The number of carbonyl (C=O) groups excluding carboxylic acids is 1. The molecule has 3 heterocycles. The topological polar surface area (TPSA) is 58.6 Å². The van der Waals surface area contributed by atoms with Crippen molar-refractivity contribution in [3.05, 3.63) is 18.3 Å². The lowest BCUT2D eigenvalue weighted by Crippen LogP contribution is -2.47. The lowest BCUT2D eigenvalue weighted by molar-refractivity contribution is -0.139. The van der Waals surface area contributed by atoms with Crippen LogP contribution in [0.1, 0.15) is 25.7 Å². The Morgan fingerprint density at radius 1 is 1.27 bits per heavy atom. The SMILES string of the molecule is CN1CCCC(C(=O)N2CCC(Oc3cccnn3)CC2)C1. The predicted octanol–water partition coefficient (Wildman–Crippen LogP) is 1.19. The van der Waals surface area contributed by atoms with E-state index in [0.29, 0.717) is 11.8 Å². The Morgan fingerprint density at radius 3 is 2.77 bits per heavy atom. The Kier molecular flexibility index (Phi) is 4.87. The highest BCUT2D eigenvalue weighted by Crippen LogP contribution is 2.22. The van der Waals surface area contributed by atoms with Crippen LogP contribution in [0, 0.1) is 5.92 Å². The van der Waals surface area contributed by atoms with Crippen LogP contribution < -0.4 is 4.74 Å². The summed E-state index contributed by atoms with van der Waals surface area (Å²) < 4.78 is 5.83. The Labute approximate surface area is 131 Å². The zero-order valence-electron chi connectivity index (χ0n) is 13.1. The monoisotopic (exact) mass is 304 g/mol. The third-order valence-electron chi connectivity index (χ3n) is 4.56. The lowest BCUT2D eigenvalue weighted by Gasteiger charge is -2.36. The number of nitrogens with zero attached hydrogens (tertiary/aromatic N) is 4. The highest BCUT2D eigenvalue weighted by molar-refractivity contribution is 5.79. The smallest absolute Gasteiger partial charge is 0.233 e. The van der Waals surface area contributed by atoms with Gasteiger partial charge in [0.25, 0.3) is 0 Å². The third-order valence-corrected chi connectivity index (χ3v) is 4.56. The van der Waals surface area contributed by atoms with Crippen molar-refractivity contribution >= 4 is 5.91 Å². The molecule has 120 valence electrons. The van der Waals surface area contributed by atoms with Crippen LogP contribution in [0.4, 0.5) is 0 Å². The van der Waals surface area contributed by atoms with Gasteiger partial charge < -0.3 is 14.5 Å². The zero-order valence-corrected chi connectivity index (χ0v) is 13.1. The molecular weight excluding hydrogens is 280 g/mol. The number of carbonyl (C=O) groups is 1. The first-order valence-electron chi connectivity index (χ1n) is 8.14. The van der Waals surface area contributed by atoms with Gasteiger partial charge in [-0.05, 0) is 32.5 Å². The molecule has 2 aliphatic heterocycles. The van der Waals surface area contributed by atoms with E-state index >= 15 is 0 Å². The molecule has 1 aromatic heterocycles. The second-order valence-corrected chi connectivity index (χ2v) is 6.31. The van der Waals surface area contributed by atoms with Gasteiger partial charge in [-0.25, -0.2) is 0 Å². The molecule has 0 aliphatic carbocycles. The molecule has 22 heavy (non-hydrogen) atoms. The minimum Gasteiger partial charge on any atom is -0.473 e. The van der Waals surface area contributed by atoms with Gasteiger partial charge >= 0.3 is 0 Å². The van der Waals surface area contributed by atoms with Crippen LogP contribution in [0.3, 0.4) is 0 Å². The molecule has 1 atom stereocenters. The van der Waals surface area contributed by atoms with Crippen molar-refractivity contribution in [2.45, 2.75) is 31.8 Å². The van der Waals surface area contributed by atoms with Crippen molar-refractivity contribution in [3.63, 3.8) is 0 Å². The minimum absolute atomic E-state index is 0.134. The van der Waals surface area contributed by atoms with E-state index in [2.05, 4.69) is 22.1 Å². The fourth-order valence-electron chi connectivity index (χ4n) is 3.34. The summed E-state index contributed by atoms with van der Waals surface area (Å²) in [4.78, 5) is 16.9. The van der Waals surface area contributed by atoms with Crippen LogP contribution in [-0.2, 0) is 4.79 Å². The van der Waals surface area contributed by atoms with Gasteiger partial charge in [0.2, 0.25) is 11.8 Å². The maximum atomic E-state index is 12.6. The van der Waals surface area contributed by atoms with Gasteiger partial charge in [-0.15, -0.1) is 5.10 Å². The van der Waals surface area contributed by atoms with Crippen molar-refractivity contribution in [2.24, 2.45) is 5.92 Å². The number of hydrogen-bond donors (Lipinski definition) is 0. The van der Waals surface area contributed by atoms with Crippen LogP contribution in [0.5, 0.6) is 5.88 Å². The number of amides is 1. The summed E-state index contributed by atoms with van der Waals surface area (Å²) in [5, 5.41) is 7.77. The average Bonchev–Trinajstić information content (AvgIpc) is 2.56. The van der Waals surface area contributed by atoms with Crippen LogP contribution in [0.25, 0.3) is 0 Å². The molecule has 0 saturated carbocycles. The molecule has 1 unspecified atom stereocenters. The first-order valence-corrected chi connectivity index (χ1v) is 8.14. The van der Waals surface area contributed by atoms with Gasteiger partial charge in [0, 0.05) is 44.7 Å². The van der Waals surface area contributed by atoms with E-state index in [-0.39, 0.29) is 12.0 Å². The van der Waals surface area contributed by atoms with Gasteiger partial charge in [0.15, 0.2) is 0 Å². The molecular formula is C16H24N4O2. The summed E-state index contributed by atoms with van der Waals surface area (Å²) in [5.74, 6) is 1.07. The number of hydrogen-bond acceptors (Lipinski definition) is 5. The Balaban J connectivity index is 1.48. The Morgan fingerprint density at radius 2 is 2.09 bits per heavy atom. The normalized spacial score (nSPS) is 24.2. The van der Waals surface area contributed by atoms with Gasteiger partial charge in [0.1, 0.15) is 6.10 Å². The number of ether oxygens (including phenoxy) is 1. The second kappa shape index (κ2) is 7.05. The van der Waals surface area contributed by atoms with Crippen LogP contribution in [0.2, 0.25) is 0 Å². The molecule has 1 amide bonds. The predicted molar refractivity (Wildman–Crippen MR) is 82.5 cm³/mol. The van der Waals surface area contributed by atoms with Crippen molar-refractivity contribution in [1.29, 1.82) is 0 Å². The Hall–Kier alpha value is -1.69. The van der Waals surface area contributed by atoms with Gasteiger partial charge in [-0.3, -0.25) is 4.79 Å². The maximum absolute atomic E-state index is 12.6. The van der Waals surface area contributed by atoms with E-state index in [1.807, 2.05) is 17.0 Å². The number of rotatable bonds is 3. The van der Waals surface area contributed by atoms with Crippen molar-refractivity contribution in [2.75, 3.05) is 33.2 Å². The summed E-state index contributed by atoms with van der Waals surface area (Å²) in [6, 6.07) is 3.64. The number of piperidine rings is 2. The molecule has 0 N–H and O–H groups in total. The molecule has 2 saturated heterocycles. The standard InChI is InChI=1S/C16H24N4O2/c1-19-9-3-4-13(12-19)16(21)20-10-6-14(7-11-20)22-15-5-2-8-17-18-15/h2,5,8,13-14H,3-4,6-7,9-12H2,1H3. The Bertz CT molecular complexity index is 488. The zero-order chi connectivity index (χ0) is 15.4. The molecule has 6 heteroatoms. The van der Waals surface area contributed by atoms with E-state index in [9.17, 15) is 4.79 Å². The maximum Gasteiger partial charge on any atom is 0.233 e. The third kappa shape index (κ3) is 3.74. The second-order valence-electron chi connectivity index (χ2n) is 6.31. The first kappa shape index (κ1) is 15.2. The average molecular weight is 304 g/mol. The lowest BCUT2D eigenvalue weighted by atomic mass is 9.95. The summed E-state index contributed by atoms with van der Waals surface area (Å²) in [6.07, 6.45) is 5.65. The van der Waals surface area contributed by atoms with Gasteiger partial charge in [-0.2, -0.15) is 5.10 Å². The van der Waals surface area contributed by atoms with Crippen LogP contribution in [0.15, 0.2) is 18.3 Å². The minimum atomic E-state index is 0.134. The van der Waals surface area contributed by atoms with E-state index < -0.39 is 0 Å². The highest BCUT2D eigenvalue weighted by atomic mass is 16.5. The summed E-state index contributed by atoms with van der Waals surface area (Å²) in [6.45, 7) is 3.57. The fraction of sp³-hybridized carbons (Fsp3) is 0.688. The molecule has 1 aromatic rings. The van der Waals surface area contributed by atoms with Gasteiger partial charge in [0.05, 0.1) is 5.92 Å². The van der Waals surface area contributed by atoms with E-state index in [0.717, 1.165) is 51.9 Å². The van der Waals surface area contributed by atoms with E-state index in [1.165, 1.54) is 0 Å². The number of aromatic nitrogens is 2. The van der Waals surface area contributed by atoms with E-state index in [4.69, 9.17) is 4.74 Å². The van der Waals surface area contributed by atoms with Crippen molar-refractivity contribution in [1.82, 2.24) is 20.0 Å². The molecule has 6 nitrogen and oxygen atoms in total. The first-order chi connectivity index (χ1) is 10.7. The van der Waals surface area contributed by atoms with Crippen LogP contribution >= 0.6 is 0 Å².